The number of nitrogens with two attached hydrogens (primary N) is 2. The Morgan fingerprint density at radius 3 is 2.38 bits per heavy atom. The number of hydrogen-bond donors (Lipinski definition) is 3. The third-order valence-corrected chi connectivity index (χ3v) is 1.93. The van der Waals surface area contributed by atoms with Crippen LogP contribution in [0.2, 0.25) is 0 Å². The van der Waals surface area contributed by atoms with Crippen molar-refractivity contribution in [2.45, 2.75) is 0 Å². The van der Waals surface area contributed by atoms with Crippen molar-refractivity contribution in [3.8, 4) is 0 Å². The highest BCUT2D eigenvalue weighted by Crippen LogP contribution is 2.26. The fraction of sp³-hybridized carbons (Fsp3) is 0. The smallest absolute Gasteiger partial charge is 0.320 e. The molecule has 6 N–H and O–H groups in total. The molecule has 0 atom stereocenters. The van der Waals surface area contributed by atoms with Crippen molar-refractivity contribution in [1.29, 1.82) is 0 Å². The molecule has 82 valence electrons. The number of hydrogen-bond acceptors (Lipinski definition) is 4. The van der Waals surface area contributed by atoms with Crippen molar-refractivity contribution in [1.82, 2.24) is 5.10 Å². The van der Waals surface area contributed by atoms with Crippen molar-refractivity contribution >= 4 is 23.0 Å². The first-order valence-corrected chi connectivity index (χ1v) is 4.48. The van der Waals surface area contributed by atoms with Gasteiger partial charge in [-0.3, -0.25) is 5.73 Å². The number of halogens is 1. The van der Waals surface area contributed by atoms with Gasteiger partial charge in [0, 0.05) is 0 Å². The number of aromatic amines is 2. The average molecular weight is 221 g/mol. The lowest BCUT2D eigenvalue weighted by atomic mass is 10.3. The first-order valence-electron chi connectivity index (χ1n) is 4.48. The van der Waals surface area contributed by atoms with E-state index in [4.69, 9.17) is 11.5 Å². The highest BCUT2D eigenvalue weighted by Gasteiger charge is 2.11. The molecule has 6 nitrogen and oxygen atoms in total. The highest BCUT2D eigenvalue weighted by atomic mass is 19.1. The minimum absolute atomic E-state index is 0.295. The summed E-state index contributed by atoms with van der Waals surface area (Å²) in [6, 6.07) is 5.60. The summed E-state index contributed by atoms with van der Waals surface area (Å²) in [5, 5.41) is 12.9. The van der Waals surface area contributed by atoms with E-state index >= 15 is 0 Å². The SMILES string of the molecule is Nc1[nH][nH+]c(N)c1N=Nc1ccc(F)cc1. The van der Waals surface area contributed by atoms with Gasteiger partial charge in [-0.1, -0.05) is 0 Å². The summed E-state index contributed by atoms with van der Waals surface area (Å²) in [5.74, 6) is 0.264. The zero-order valence-electron chi connectivity index (χ0n) is 8.24. The van der Waals surface area contributed by atoms with Gasteiger partial charge in [0.2, 0.25) is 5.69 Å². The molecule has 0 aliphatic rings. The highest BCUT2D eigenvalue weighted by molar-refractivity contribution is 5.67. The van der Waals surface area contributed by atoms with Crippen LogP contribution in [0.4, 0.5) is 27.4 Å². The van der Waals surface area contributed by atoms with Crippen LogP contribution in [0.15, 0.2) is 34.5 Å². The van der Waals surface area contributed by atoms with Gasteiger partial charge in [0.1, 0.15) is 5.82 Å². The largest absolute Gasteiger partial charge is 0.381 e. The Bertz CT molecular complexity index is 496. The number of anilines is 2. The molecule has 0 aliphatic heterocycles. The summed E-state index contributed by atoms with van der Waals surface area (Å²) in [7, 11) is 0. The van der Waals surface area contributed by atoms with Crippen LogP contribution in [0.1, 0.15) is 0 Å². The first kappa shape index (κ1) is 10.1. The summed E-state index contributed by atoms with van der Waals surface area (Å²) in [6.07, 6.45) is 0. The molecular weight excluding hydrogens is 211 g/mol. The van der Waals surface area contributed by atoms with Gasteiger partial charge >= 0.3 is 5.82 Å². The third kappa shape index (κ3) is 1.97. The van der Waals surface area contributed by atoms with E-state index in [-0.39, 0.29) is 5.82 Å². The average Bonchev–Trinajstić information content (AvgIpc) is 2.59. The fourth-order valence-corrected chi connectivity index (χ4v) is 1.12. The fourth-order valence-electron chi connectivity index (χ4n) is 1.12. The molecule has 2 aromatic rings. The monoisotopic (exact) mass is 221 g/mol. The van der Waals surface area contributed by atoms with Crippen molar-refractivity contribution in [3.63, 3.8) is 0 Å². The molecule has 16 heavy (non-hydrogen) atoms. The van der Waals surface area contributed by atoms with Crippen LogP contribution in [0.3, 0.4) is 0 Å². The molecule has 0 unspecified atom stereocenters. The maximum Gasteiger partial charge on any atom is 0.320 e. The maximum absolute atomic E-state index is 12.6. The summed E-state index contributed by atoms with van der Waals surface area (Å²) in [4.78, 5) is 0. The van der Waals surface area contributed by atoms with Gasteiger partial charge < -0.3 is 5.73 Å². The predicted molar refractivity (Wildman–Crippen MR) is 56.7 cm³/mol. The molecule has 0 saturated carbocycles. The van der Waals surface area contributed by atoms with Crippen molar-refractivity contribution < 1.29 is 9.49 Å². The zero-order chi connectivity index (χ0) is 11.5. The molecule has 0 saturated heterocycles. The normalized spacial score (nSPS) is 11.1. The quantitative estimate of drug-likeness (QED) is 0.669. The van der Waals surface area contributed by atoms with E-state index in [0.717, 1.165) is 0 Å². The molecular formula is C9H10FN6+. The number of rotatable bonds is 2. The molecule has 1 heterocycles. The van der Waals surface area contributed by atoms with Crippen LogP contribution in [0, 0.1) is 5.82 Å². The van der Waals surface area contributed by atoms with Gasteiger partial charge in [-0.2, -0.15) is 10.2 Å². The number of azo groups is 1. The standard InChI is InChI=1S/C9H9FN6/c10-5-1-3-6(4-2-5)13-14-7-8(11)15-16-9(7)12/h1-4H,(H5,11,12,15,16)/p+1. The Balaban J connectivity index is 2.24. The predicted octanol–water partition coefficient (Wildman–Crippen LogP) is 1.55. The molecule has 1 aromatic carbocycles. The van der Waals surface area contributed by atoms with Gasteiger partial charge in [-0.15, -0.1) is 5.11 Å². The first-order chi connectivity index (χ1) is 7.66. The number of H-pyrrole nitrogens is 2. The lowest BCUT2D eigenvalue weighted by Crippen LogP contribution is -2.07. The summed E-state index contributed by atoms with van der Waals surface area (Å²) in [6.45, 7) is 0. The Hall–Kier alpha value is -2.44. The molecule has 7 heteroatoms. The summed E-state index contributed by atoms with van der Waals surface area (Å²) in [5.41, 5.74) is 12.0. The van der Waals surface area contributed by atoms with Crippen LogP contribution in [0.5, 0.6) is 0 Å². The molecule has 0 radical (unpaired) electrons. The summed E-state index contributed by atoms with van der Waals surface area (Å²) < 4.78 is 12.6. The van der Waals surface area contributed by atoms with Gasteiger partial charge in [0.05, 0.1) is 5.69 Å². The Morgan fingerprint density at radius 1 is 1.12 bits per heavy atom. The Kier molecular flexibility index (Phi) is 2.50. The second kappa shape index (κ2) is 3.97. The van der Waals surface area contributed by atoms with E-state index in [1.807, 2.05) is 0 Å². The van der Waals surface area contributed by atoms with Crippen LogP contribution >= 0.6 is 0 Å². The van der Waals surface area contributed by atoms with Gasteiger partial charge in [-0.05, 0) is 24.3 Å². The van der Waals surface area contributed by atoms with Gasteiger partial charge in [0.25, 0.3) is 0 Å². The number of benzene rings is 1. The van der Waals surface area contributed by atoms with E-state index < -0.39 is 0 Å². The van der Waals surface area contributed by atoms with Crippen LogP contribution in [-0.2, 0) is 0 Å². The van der Waals surface area contributed by atoms with Crippen LogP contribution in [-0.4, -0.2) is 5.10 Å². The minimum atomic E-state index is -0.326. The van der Waals surface area contributed by atoms with E-state index in [1.54, 1.807) is 0 Å². The molecule has 0 amide bonds. The molecule has 0 fully saturated rings. The van der Waals surface area contributed by atoms with Crippen molar-refractivity contribution in [3.05, 3.63) is 30.1 Å². The molecule has 0 spiro atoms. The van der Waals surface area contributed by atoms with Gasteiger partial charge in [-0.25, -0.2) is 9.49 Å². The Labute approximate surface area is 90.2 Å². The third-order valence-electron chi connectivity index (χ3n) is 1.93. The number of nitrogens with zero attached hydrogens (tertiary/aromatic N) is 2. The zero-order valence-corrected chi connectivity index (χ0v) is 8.24. The van der Waals surface area contributed by atoms with E-state index in [2.05, 4.69) is 20.4 Å². The minimum Gasteiger partial charge on any atom is -0.381 e. The second-order valence-corrected chi connectivity index (χ2v) is 3.10. The molecule has 1 aromatic heterocycles. The lowest BCUT2D eigenvalue weighted by molar-refractivity contribution is -0.431. The van der Waals surface area contributed by atoms with Crippen LogP contribution in [0.25, 0.3) is 0 Å². The number of aromatic nitrogens is 2. The number of nitrogen functional groups attached to an aromatic ring is 2. The van der Waals surface area contributed by atoms with Crippen LogP contribution < -0.4 is 16.6 Å². The summed E-state index contributed by atoms with van der Waals surface area (Å²) >= 11 is 0. The molecule has 0 bridgehead atoms. The van der Waals surface area contributed by atoms with Crippen molar-refractivity contribution in [2.75, 3.05) is 11.5 Å². The maximum atomic E-state index is 12.6. The number of nitrogens with one attached hydrogen (secondary N) is 2. The van der Waals surface area contributed by atoms with E-state index in [9.17, 15) is 4.39 Å². The van der Waals surface area contributed by atoms with E-state index in [0.29, 0.717) is 23.0 Å². The topological polar surface area (TPSA) is 107 Å². The Morgan fingerprint density at radius 2 is 1.81 bits per heavy atom. The van der Waals surface area contributed by atoms with Crippen molar-refractivity contribution in [2.24, 2.45) is 10.2 Å². The molecule has 0 aliphatic carbocycles. The van der Waals surface area contributed by atoms with Gasteiger partial charge in [0.15, 0.2) is 5.82 Å². The second-order valence-electron chi connectivity index (χ2n) is 3.10. The van der Waals surface area contributed by atoms with E-state index in [1.165, 1.54) is 24.3 Å². The lowest BCUT2D eigenvalue weighted by Gasteiger charge is -1.91. The molecule has 2 rings (SSSR count).